The van der Waals surface area contributed by atoms with E-state index in [1.165, 1.54) is 11.8 Å². The van der Waals surface area contributed by atoms with Crippen molar-refractivity contribution in [2.75, 3.05) is 18.2 Å². The van der Waals surface area contributed by atoms with Gasteiger partial charge in [-0.05, 0) is 48.9 Å². The third kappa shape index (κ3) is 4.61. The molecule has 27 heavy (non-hydrogen) atoms. The minimum absolute atomic E-state index is 0.139. The van der Waals surface area contributed by atoms with E-state index in [9.17, 15) is 4.79 Å². The number of anilines is 1. The second kappa shape index (κ2) is 8.45. The van der Waals surface area contributed by atoms with E-state index in [1.807, 2.05) is 48.9 Å². The Hall–Kier alpha value is -2.51. The Labute approximate surface area is 166 Å². The Morgan fingerprint density at radius 3 is 2.67 bits per heavy atom. The zero-order valence-corrected chi connectivity index (χ0v) is 16.8. The van der Waals surface area contributed by atoms with Gasteiger partial charge >= 0.3 is 0 Å². The van der Waals surface area contributed by atoms with Gasteiger partial charge in [0.05, 0.1) is 18.6 Å². The molecule has 1 heterocycles. The molecular weight excluding hydrogens is 384 g/mol. The number of nitrogens with one attached hydrogen (secondary N) is 1. The highest BCUT2D eigenvalue weighted by atomic mass is 35.5. The average molecular weight is 403 g/mol. The van der Waals surface area contributed by atoms with E-state index in [0.717, 1.165) is 17.0 Å². The van der Waals surface area contributed by atoms with Crippen LogP contribution in [0.5, 0.6) is 5.75 Å². The number of benzene rings is 2. The van der Waals surface area contributed by atoms with Crippen LogP contribution in [0, 0.1) is 6.92 Å². The molecule has 1 N–H and O–H groups in total. The monoisotopic (exact) mass is 402 g/mol. The quantitative estimate of drug-likeness (QED) is 0.626. The lowest BCUT2D eigenvalue weighted by atomic mass is 10.2. The normalized spacial score (nSPS) is 10.7. The molecule has 3 rings (SSSR count). The van der Waals surface area contributed by atoms with Gasteiger partial charge in [-0.15, -0.1) is 10.2 Å². The summed E-state index contributed by atoms with van der Waals surface area (Å²) in [4.78, 5) is 12.3. The van der Waals surface area contributed by atoms with Gasteiger partial charge in [-0.3, -0.25) is 4.79 Å². The van der Waals surface area contributed by atoms with Crippen LogP contribution < -0.4 is 10.1 Å². The summed E-state index contributed by atoms with van der Waals surface area (Å²) in [6.45, 7) is 1.96. The molecule has 0 bridgehead atoms. The molecule has 1 aromatic heterocycles. The Morgan fingerprint density at radius 2 is 1.96 bits per heavy atom. The lowest BCUT2D eigenvalue weighted by Gasteiger charge is -2.10. The number of carbonyl (C=O) groups excluding carboxylic acids is 1. The van der Waals surface area contributed by atoms with E-state index in [0.29, 0.717) is 21.6 Å². The van der Waals surface area contributed by atoms with Crippen molar-refractivity contribution < 1.29 is 9.53 Å². The number of thioether (sulfide) groups is 1. The molecule has 0 fully saturated rings. The molecule has 3 aromatic rings. The van der Waals surface area contributed by atoms with Gasteiger partial charge in [-0.2, -0.15) is 0 Å². The SMILES string of the molecule is COc1ccc(C)cc1NC(=O)CSc1nnc(-c2ccc(Cl)cc2)n1C. The Bertz CT molecular complexity index is 957. The van der Waals surface area contributed by atoms with Crippen LogP contribution in [0.4, 0.5) is 5.69 Å². The van der Waals surface area contributed by atoms with Crippen LogP contribution in [0.25, 0.3) is 11.4 Å². The van der Waals surface area contributed by atoms with Crippen LogP contribution in [0.15, 0.2) is 47.6 Å². The number of carbonyl (C=O) groups is 1. The molecule has 0 atom stereocenters. The smallest absolute Gasteiger partial charge is 0.234 e. The van der Waals surface area contributed by atoms with Gasteiger partial charge in [0.25, 0.3) is 0 Å². The maximum Gasteiger partial charge on any atom is 0.234 e. The van der Waals surface area contributed by atoms with E-state index in [2.05, 4.69) is 15.5 Å². The van der Waals surface area contributed by atoms with E-state index in [4.69, 9.17) is 16.3 Å². The summed E-state index contributed by atoms with van der Waals surface area (Å²) in [5.74, 6) is 1.42. The average Bonchev–Trinajstić information content (AvgIpc) is 3.01. The van der Waals surface area contributed by atoms with E-state index in [-0.39, 0.29) is 11.7 Å². The topological polar surface area (TPSA) is 69.0 Å². The lowest BCUT2D eigenvalue weighted by molar-refractivity contribution is -0.113. The van der Waals surface area contributed by atoms with Gasteiger partial charge in [-0.1, -0.05) is 29.4 Å². The molecule has 2 aromatic carbocycles. The van der Waals surface area contributed by atoms with Crippen molar-refractivity contribution in [3.8, 4) is 17.1 Å². The van der Waals surface area contributed by atoms with E-state index >= 15 is 0 Å². The number of rotatable bonds is 6. The Kier molecular flexibility index (Phi) is 6.03. The molecule has 0 aliphatic rings. The molecule has 0 radical (unpaired) electrons. The summed E-state index contributed by atoms with van der Waals surface area (Å²) in [5.41, 5.74) is 2.61. The number of hydrogen-bond acceptors (Lipinski definition) is 5. The number of hydrogen-bond donors (Lipinski definition) is 1. The molecular formula is C19H19ClN4O2S. The van der Waals surface area contributed by atoms with Crippen LogP contribution in [-0.2, 0) is 11.8 Å². The molecule has 6 nitrogen and oxygen atoms in total. The van der Waals surface area contributed by atoms with Gasteiger partial charge < -0.3 is 14.6 Å². The van der Waals surface area contributed by atoms with Crippen molar-refractivity contribution in [2.24, 2.45) is 7.05 Å². The number of halogens is 1. The summed E-state index contributed by atoms with van der Waals surface area (Å²) in [6, 6.07) is 13.0. The van der Waals surface area contributed by atoms with Crippen molar-refractivity contribution in [1.29, 1.82) is 0 Å². The number of methoxy groups -OCH3 is 1. The van der Waals surface area contributed by atoms with Crippen LogP contribution in [0.3, 0.4) is 0 Å². The van der Waals surface area contributed by atoms with E-state index < -0.39 is 0 Å². The van der Waals surface area contributed by atoms with Gasteiger partial charge in [0.1, 0.15) is 5.75 Å². The summed E-state index contributed by atoms with van der Waals surface area (Å²) < 4.78 is 7.14. The molecule has 0 unspecified atom stereocenters. The first-order valence-corrected chi connectivity index (χ1v) is 9.57. The highest BCUT2D eigenvalue weighted by Gasteiger charge is 2.14. The lowest BCUT2D eigenvalue weighted by Crippen LogP contribution is -2.15. The summed E-state index contributed by atoms with van der Waals surface area (Å²) in [6.07, 6.45) is 0. The number of aryl methyl sites for hydroxylation is 1. The number of amides is 1. The van der Waals surface area contributed by atoms with E-state index in [1.54, 1.807) is 19.2 Å². The zero-order chi connectivity index (χ0) is 19.4. The molecule has 0 aliphatic heterocycles. The minimum atomic E-state index is -0.139. The van der Waals surface area contributed by atoms with Crippen molar-refractivity contribution >= 4 is 35.0 Å². The van der Waals surface area contributed by atoms with Crippen molar-refractivity contribution in [3.63, 3.8) is 0 Å². The zero-order valence-electron chi connectivity index (χ0n) is 15.2. The second-order valence-corrected chi connectivity index (χ2v) is 7.29. The predicted molar refractivity (Wildman–Crippen MR) is 109 cm³/mol. The first-order chi connectivity index (χ1) is 13.0. The fraction of sp³-hybridized carbons (Fsp3) is 0.211. The molecule has 0 spiro atoms. The van der Waals surface area contributed by atoms with Crippen LogP contribution >= 0.6 is 23.4 Å². The first-order valence-electron chi connectivity index (χ1n) is 8.20. The summed E-state index contributed by atoms with van der Waals surface area (Å²) >= 11 is 7.25. The third-order valence-electron chi connectivity index (χ3n) is 3.90. The van der Waals surface area contributed by atoms with Crippen molar-refractivity contribution in [1.82, 2.24) is 14.8 Å². The largest absolute Gasteiger partial charge is 0.495 e. The molecule has 140 valence electrons. The van der Waals surface area contributed by atoms with Crippen molar-refractivity contribution in [2.45, 2.75) is 12.1 Å². The van der Waals surface area contributed by atoms with Gasteiger partial charge in [0.2, 0.25) is 5.91 Å². The standard InChI is InChI=1S/C19H19ClN4O2S/c1-12-4-9-16(26-3)15(10-12)21-17(25)11-27-19-23-22-18(24(19)2)13-5-7-14(20)8-6-13/h4-10H,11H2,1-3H3,(H,21,25). The molecule has 0 aliphatic carbocycles. The predicted octanol–water partition coefficient (Wildman–Crippen LogP) is 4.18. The van der Waals surface area contributed by atoms with Gasteiger partial charge in [-0.25, -0.2) is 0 Å². The Morgan fingerprint density at radius 1 is 1.22 bits per heavy atom. The highest BCUT2D eigenvalue weighted by molar-refractivity contribution is 7.99. The molecule has 8 heteroatoms. The first kappa shape index (κ1) is 19.3. The number of nitrogens with zero attached hydrogens (tertiary/aromatic N) is 3. The molecule has 0 saturated heterocycles. The maximum absolute atomic E-state index is 12.3. The summed E-state index contributed by atoms with van der Waals surface area (Å²) in [7, 11) is 3.45. The van der Waals surface area contributed by atoms with Crippen LogP contribution in [0.1, 0.15) is 5.56 Å². The maximum atomic E-state index is 12.3. The third-order valence-corrected chi connectivity index (χ3v) is 5.17. The van der Waals surface area contributed by atoms with Crippen molar-refractivity contribution in [3.05, 3.63) is 53.1 Å². The number of aromatic nitrogens is 3. The summed E-state index contributed by atoms with van der Waals surface area (Å²) in [5, 5.41) is 12.6. The fourth-order valence-electron chi connectivity index (χ4n) is 2.53. The minimum Gasteiger partial charge on any atom is -0.495 e. The molecule has 0 saturated carbocycles. The Balaban J connectivity index is 1.66. The second-order valence-electron chi connectivity index (χ2n) is 5.91. The highest BCUT2D eigenvalue weighted by Crippen LogP contribution is 2.27. The van der Waals surface area contributed by atoms with Gasteiger partial charge in [0.15, 0.2) is 11.0 Å². The van der Waals surface area contributed by atoms with Crippen LogP contribution in [-0.4, -0.2) is 33.5 Å². The molecule has 1 amide bonds. The van der Waals surface area contributed by atoms with Gasteiger partial charge in [0, 0.05) is 17.6 Å². The number of ether oxygens (including phenoxy) is 1. The van der Waals surface area contributed by atoms with Crippen LogP contribution in [0.2, 0.25) is 5.02 Å². The fourth-order valence-corrected chi connectivity index (χ4v) is 3.36.